The molecule has 4 heteroatoms. The summed E-state index contributed by atoms with van der Waals surface area (Å²) in [5, 5.41) is 8.94. The molecule has 0 saturated carbocycles. The molecular weight excluding hydrogens is 230 g/mol. The fourth-order valence-electron chi connectivity index (χ4n) is 2.29. The molecule has 98 valence electrons. The highest BCUT2D eigenvalue weighted by Gasteiger charge is 2.23. The predicted molar refractivity (Wildman–Crippen MR) is 68.4 cm³/mol. The molecule has 1 aliphatic rings. The predicted octanol–water partition coefficient (Wildman–Crippen LogP) is 2.59. The minimum atomic E-state index is -0.817. The topological polar surface area (TPSA) is 49.8 Å². The summed E-state index contributed by atoms with van der Waals surface area (Å²) in [6, 6.07) is 10.0. The van der Waals surface area contributed by atoms with Gasteiger partial charge in [0.2, 0.25) is 0 Å². The van der Waals surface area contributed by atoms with Crippen molar-refractivity contribution in [2.24, 2.45) is 5.92 Å². The lowest BCUT2D eigenvalue weighted by molar-refractivity contribution is 0.0514. The van der Waals surface area contributed by atoms with Crippen molar-refractivity contribution < 1.29 is 14.6 Å². The summed E-state index contributed by atoms with van der Waals surface area (Å²) in [4.78, 5) is 12.4. The van der Waals surface area contributed by atoms with E-state index >= 15 is 0 Å². The average Bonchev–Trinajstić information content (AvgIpc) is 2.40. The molecule has 1 aromatic carbocycles. The first kappa shape index (κ1) is 12.9. The van der Waals surface area contributed by atoms with Gasteiger partial charge < -0.3 is 14.7 Å². The van der Waals surface area contributed by atoms with Crippen molar-refractivity contribution >= 4 is 6.09 Å². The average molecular weight is 249 g/mol. The zero-order chi connectivity index (χ0) is 12.8. The van der Waals surface area contributed by atoms with Gasteiger partial charge in [-0.05, 0) is 18.4 Å². The molecule has 1 aliphatic heterocycles. The number of carbonyl (C=O) groups is 1. The number of carboxylic acid groups (broad SMARTS) is 1. The Morgan fingerprint density at radius 1 is 1.39 bits per heavy atom. The van der Waals surface area contributed by atoms with E-state index < -0.39 is 6.09 Å². The Hall–Kier alpha value is -1.55. The molecule has 0 spiro atoms. The van der Waals surface area contributed by atoms with Crippen molar-refractivity contribution in [3.8, 4) is 0 Å². The normalized spacial score (nSPS) is 19.8. The number of benzene rings is 1. The van der Waals surface area contributed by atoms with E-state index in [1.165, 1.54) is 4.90 Å². The molecule has 0 unspecified atom stereocenters. The zero-order valence-electron chi connectivity index (χ0n) is 10.4. The minimum absolute atomic E-state index is 0.332. The quantitative estimate of drug-likeness (QED) is 0.892. The largest absolute Gasteiger partial charge is 0.465 e. The van der Waals surface area contributed by atoms with Gasteiger partial charge in [0, 0.05) is 19.0 Å². The second-order valence-corrected chi connectivity index (χ2v) is 4.74. The number of hydrogen-bond donors (Lipinski definition) is 1. The number of likely N-dealkylation sites (tertiary alicyclic amines) is 1. The second-order valence-electron chi connectivity index (χ2n) is 4.74. The Kier molecular flexibility index (Phi) is 4.59. The number of ether oxygens (including phenoxy) is 1. The van der Waals surface area contributed by atoms with Crippen molar-refractivity contribution in [2.45, 2.75) is 19.4 Å². The summed E-state index contributed by atoms with van der Waals surface area (Å²) in [5.41, 5.74) is 1.16. The summed E-state index contributed by atoms with van der Waals surface area (Å²) in [6.07, 6.45) is 1.17. The van der Waals surface area contributed by atoms with Crippen LogP contribution in [0, 0.1) is 5.92 Å². The van der Waals surface area contributed by atoms with E-state index in [1.807, 2.05) is 30.3 Å². The molecule has 1 fully saturated rings. The van der Waals surface area contributed by atoms with Gasteiger partial charge in [-0.3, -0.25) is 0 Å². The monoisotopic (exact) mass is 249 g/mol. The maximum absolute atomic E-state index is 10.9. The highest BCUT2D eigenvalue weighted by molar-refractivity contribution is 5.65. The van der Waals surface area contributed by atoms with Gasteiger partial charge in [0.05, 0.1) is 13.2 Å². The molecule has 18 heavy (non-hydrogen) atoms. The van der Waals surface area contributed by atoms with Crippen LogP contribution in [-0.2, 0) is 11.3 Å². The van der Waals surface area contributed by atoms with Gasteiger partial charge in [-0.15, -0.1) is 0 Å². The lowest BCUT2D eigenvalue weighted by atomic mass is 9.99. The van der Waals surface area contributed by atoms with E-state index in [0.29, 0.717) is 32.2 Å². The molecule has 1 N–H and O–H groups in total. The number of hydrogen-bond acceptors (Lipinski definition) is 2. The van der Waals surface area contributed by atoms with E-state index in [0.717, 1.165) is 18.4 Å². The van der Waals surface area contributed by atoms with E-state index in [9.17, 15) is 4.79 Å². The fraction of sp³-hybridized carbons (Fsp3) is 0.500. The Labute approximate surface area is 107 Å². The van der Waals surface area contributed by atoms with Gasteiger partial charge in [-0.1, -0.05) is 30.3 Å². The van der Waals surface area contributed by atoms with E-state index in [-0.39, 0.29) is 0 Å². The molecule has 1 heterocycles. The lowest BCUT2D eigenvalue weighted by Gasteiger charge is -2.30. The molecule has 0 aromatic heterocycles. The van der Waals surface area contributed by atoms with E-state index in [4.69, 9.17) is 9.84 Å². The SMILES string of the molecule is O=C(O)N1CCC[C@H](COCc2ccccc2)C1. The van der Waals surface area contributed by atoms with Crippen LogP contribution in [-0.4, -0.2) is 35.8 Å². The molecule has 0 radical (unpaired) electrons. The van der Waals surface area contributed by atoms with Crippen molar-refractivity contribution in [3.05, 3.63) is 35.9 Å². The Morgan fingerprint density at radius 3 is 2.89 bits per heavy atom. The molecule has 1 atom stereocenters. The van der Waals surface area contributed by atoms with Gasteiger partial charge in [0.15, 0.2) is 0 Å². The minimum Gasteiger partial charge on any atom is -0.465 e. The van der Waals surface area contributed by atoms with Crippen LogP contribution in [0.25, 0.3) is 0 Å². The summed E-state index contributed by atoms with van der Waals surface area (Å²) in [6.45, 7) is 2.50. The van der Waals surface area contributed by atoms with Crippen LogP contribution in [0.2, 0.25) is 0 Å². The first-order chi connectivity index (χ1) is 8.75. The Bertz CT molecular complexity index is 380. The summed E-state index contributed by atoms with van der Waals surface area (Å²) >= 11 is 0. The number of amides is 1. The molecular formula is C14H19NO3. The van der Waals surface area contributed by atoms with Crippen LogP contribution < -0.4 is 0 Å². The molecule has 2 rings (SSSR count). The van der Waals surface area contributed by atoms with Crippen LogP contribution in [0.1, 0.15) is 18.4 Å². The zero-order valence-corrected chi connectivity index (χ0v) is 10.4. The molecule has 1 aromatic rings. The molecule has 4 nitrogen and oxygen atoms in total. The molecule has 0 bridgehead atoms. The highest BCUT2D eigenvalue weighted by Crippen LogP contribution is 2.17. The van der Waals surface area contributed by atoms with Crippen LogP contribution in [0.5, 0.6) is 0 Å². The van der Waals surface area contributed by atoms with Crippen molar-refractivity contribution in [1.82, 2.24) is 4.90 Å². The summed E-state index contributed by atoms with van der Waals surface area (Å²) in [5.74, 6) is 0.332. The van der Waals surface area contributed by atoms with Crippen LogP contribution >= 0.6 is 0 Å². The van der Waals surface area contributed by atoms with Gasteiger partial charge in [0.1, 0.15) is 0 Å². The first-order valence-corrected chi connectivity index (χ1v) is 6.35. The van der Waals surface area contributed by atoms with Gasteiger partial charge in [0.25, 0.3) is 0 Å². The van der Waals surface area contributed by atoms with Gasteiger partial charge in [-0.25, -0.2) is 4.79 Å². The van der Waals surface area contributed by atoms with Crippen molar-refractivity contribution in [2.75, 3.05) is 19.7 Å². The van der Waals surface area contributed by atoms with Crippen molar-refractivity contribution in [1.29, 1.82) is 0 Å². The van der Waals surface area contributed by atoms with Crippen LogP contribution in [0.15, 0.2) is 30.3 Å². The molecule has 1 saturated heterocycles. The summed E-state index contributed by atoms with van der Waals surface area (Å²) < 4.78 is 5.67. The second kappa shape index (κ2) is 6.40. The maximum Gasteiger partial charge on any atom is 0.407 e. The Morgan fingerprint density at radius 2 is 2.17 bits per heavy atom. The third-order valence-corrected chi connectivity index (χ3v) is 3.25. The molecule has 0 aliphatic carbocycles. The van der Waals surface area contributed by atoms with Crippen molar-refractivity contribution in [3.63, 3.8) is 0 Å². The highest BCUT2D eigenvalue weighted by atomic mass is 16.5. The third-order valence-electron chi connectivity index (χ3n) is 3.25. The van der Waals surface area contributed by atoms with Crippen LogP contribution in [0.3, 0.4) is 0 Å². The van der Waals surface area contributed by atoms with E-state index in [1.54, 1.807) is 0 Å². The summed E-state index contributed by atoms with van der Waals surface area (Å²) in [7, 11) is 0. The number of piperidine rings is 1. The van der Waals surface area contributed by atoms with Gasteiger partial charge >= 0.3 is 6.09 Å². The number of rotatable bonds is 4. The van der Waals surface area contributed by atoms with Crippen LogP contribution in [0.4, 0.5) is 4.79 Å². The number of nitrogens with zero attached hydrogens (tertiary/aromatic N) is 1. The molecule has 1 amide bonds. The standard InChI is InChI=1S/C14H19NO3/c16-14(17)15-8-4-7-13(9-15)11-18-10-12-5-2-1-3-6-12/h1-3,5-6,13H,4,7-11H2,(H,16,17)/t13-/m0/s1. The van der Waals surface area contributed by atoms with Gasteiger partial charge in [-0.2, -0.15) is 0 Å². The smallest absolute Gasteiger partial charge is 0.407 e. The fourth-order valence-corrected chi connectivity index (χ4v) is 2.29. The maximum atomic E-state index is 10.9. The first-order valence-electron chi connectivity index (χ1n) is 6.35. The third kappa shape index (κ3) is 3.74. The lowest BCUT2D eigenvalue weighted by Crippen LogP contribution is -2.40. The Balaban J connectivity index is 1.72. The van der Waals surface area contributed by atoms with E-state index in [2.05, 4.69) is 0 Å².